The summed E-state index contributed by atoms with van der Waals surface area (Å²) < 4.78 is 13.6. The number of phenolic OH excluding ortho intramolecular Hbond substituents is 1. The third-order valence-electron chi connectivity index (χ3n) is 2.93. The van der Waals surface area contributed by atoms with Crippen LogP contribution in [0.1, 0.15) is 36.7 Å². The van der Waals surface area contributed by atoms with Crippen LogP contribution in [0.4, 0.5) is 4.39 Å². The molecule has 0 aliphatic rings. The maximum atomic E-state index is 13.6. The van der Waals surface area contributed by atoms with Gasteiger partial charge in [-0.25, -0.2) is 4.39 Å². The Morgan fingerprint density at radius 2 is 2.00 bits per heavy atom. The van der Waals surface area contributed by atoms with Crippen LogP contribution in [0.2, 0.25) is 0 Å². The molecule has 0 radical (unpaired) electrons. The number of hydrogen-bond donors (Lipinski definition) is 2. The minimum atomic E-state index is -0.600. The molecule has 116 valence electrons. The van der Waals surface area contributed by atoms with Gasteiger partial charge in [-0.1, -0.05) is 13.8 Å². The number of halogens is 1. The fourth-order valence-electron chi connectivity index (χ4n) is 2.21. The van der Waals surface area contributed by atoms with Gasteiger partial charge in [-0.15, -0.1) is 0 Å². The fraction of sp³-hybridized carbons (Fsp3) is 0.467. The van der Waals surface area contributed by atoms with Gasteiger partial charge in [-0.05, 0) is 25.0 Å². The number of phenols is 1. The van der Waals surface area contributed by atoms with E-state index in [0.717, 1.165) is 12.1 Å². The number of carbonyl (C=O) groups is 2. The van der Waals surface area contributed by atoms with Crippen molar-refractivity contribution in [1.29, 1.82) is 0 Å². The topological polar surface area (TPSA) is 83.6 Å². The van der Waals surface area contributed by atoms with Crippen LogP contribution < -0.4 is 5.73 Å². The first-order valence-corrected chi connectivity index (χ1v) is 6.73. The smallest absolute Gasteiger partial charge is 0.231 e. The molecule has 3 N–H and O–H groups in total. The maximum Gasteiger partial charge on any atom is 0.231 e. The lowest BCUT2D eigenvalue weighted by Crippen LogP contribution is -2.35. The molecule has 1 aromatic carbocycles. The molecule has 21 heavy (non-hydrogen) atoms. The van der Waals surface area contributed by atoms with Crippen molar-refractivity contribution in [1.82, 2.24) is 4.90 Å². The van der Waals surface area contributed by atoms with Crippen LogP contribution >= 0.6 is 0 Å². The second kappa shape index (κ2) is 7.17. The fourth-order valence-corrected chi connectivity index (χ4v) is 2.21. The molecule has 0 aliphatic heterocycles. The van der Waals surface area contributed by atoms with Crippen molar-refractivity contribution >= 4 is 11.7 Å². The molecular formula is C15H21FN2O3. The van der Waals surface area contributed by atoms with E-state index in [2.05, 4.69) is 0 Å². The van der Waals surface area contributed by atoms with Gasteiger partial charge in [-0.2, -0.15) is 0 Å². The van der Waals surface area contributed by atoms with E-state index >= 15 is 0 Å². The van der Waals surface area contributed by atoms with Gasteiger partial charge in [-0.3, -0.25) is 14.5 Å². The van der Waals surface area contributed by atoms with E-state index in [4.69, 9.17) is 5.73 Å². The van der Waals surface area contributed by atoms with Crippen LogP contribution in [0.25, 0.3) is 0 Å². The highest BCUT2D eigenvalue weighted by Gasteiger charge is 2.18. The van der Waals surface area contributed by atoms with Crippen molar-refractivity contribution in [3.05, 3.63) is 29.1 Å². The van der Waals surface area contributed by atoms with Crippen LogP contribution in [0.3, 0.4) is 0 Å². The number of benzene rings is 1. The molecule has 0 heterocycles. The Bertz CT molecular complexity index is 544. The van der Waals surface area contributed by atoms with E-state index in [9.17, 15) is 19.1 Å². The molecule has 0 unspecified atom stereocenters. The van der Waals surface area contributed by atoms with E-state index < -0.39 is 17.5 Å². The molecule has 6 heteroatoms. The normalized spacial score (nSPS) is 11.1. The molecule has 1 amide bonds. The second-order valence-electron chi connectivity index (χ2n) is 5.55. The summed E-state index contributed by atoms with van der Waals surface area (Å²) in [6.45, 7) is 5.91. The third kappa shape index (κ3) is 5.15. The summed E-state index contributed by atoms with van der Waals surface area (Å²) in [5.74, 6) is -1.50. The van der Waals surface area contributed by atoms with Gasteiger partial charge in [0.1, 0.15) is 11.6 Å². The van der Waals surface area contributed by atoms with Crippen molar-refractivity contribution in [2.75, 3.05) is 13.1 Å². The maximum absolute atomic E-state index is 13.6. The number of rotatable bonds is 7. The summed E-state index contributed by atoms with van der Waals surface area (Å²) in [4.78, 5) is 24.2. The van der Waals surface area contributed by atoms with E-state index in [-0.39, 0.29) is 35.9 Å². The molecule has 0 atom stereocenters. The monoisotopic (exact) mass is 296 g/mol. The number of hydrogen-bond acceptors (Lipinski definition) is 4. The number of aromatic hydroxyl groups is 1. The van der Waals surface area contributed by atoms with Gasteiger partial charge in [0.2, 0.25) is 5.91 Å². The Kier molecular flexibility index (Phi) is 5.84. The van der Waals surface area contributed by atoms with Crippen molar-refractivity contribution in [3.8, 4) is 5.75 Å². The average Bonchev–Trinajstić information content (AvgIpc) is 2.31. The summed E-state index contributed by atoms with van der Waals surface area (Å²) >= 11 is 0. The zero-order valence-corrected chi connectivity index (χ0v) is 12.5. The van der Waals surface area contributed by atoms with E-state index in [1.165, 1.54) is 6.92 Å². The number of ketones is 1. The SMILES string of the molecule is CC(=O)c1cc(F)cc(CN(CC(N)=O)CC(C)C)c1O. The molecular weight excluding hydrogens is 275 g/mol. The summed E-state index contributed by atoms with van der Waals surface area (Å²) in [7, 11) is 0. The Labute approximate surface area is 123 Å². The standard InChI is InChI=1S/C15H21FN2O3/c1-9(2)6-18(8-14(17)20)7-11-4-12(16)5-13(10(3)19)15(11)21/h4-5,9,21H,6-8H2,1-3H3,(H2,17,20). The first kappa shape index (κ1) is 17.1. The van der Waals surface area contributed by atoms with Crippen LogP contribution in [0.5, 0.6) is 5.75 Å². The number of primary amides is 1. The van der Waals surface area contributed by atoms with Gasteiger partial charge >= 0.3 is 0 Å². The highest BCUT2D eigenvalue weighted by molar-refractivity contribution is 5.97. The van der Waals surface area contributed by atoms with Crippen molar-refractivity contribution in [3.63, 3.8) is 0 Å². The number of nitrogens with two attached hydrogens (primary N) is 1. The summed E-state index contributed by atoms with van der Waals surface area (Å²) in [5.41, 5.74) is 5.40. The van der Waals surface area contributed by atoms with Crippen molar-refractivity contribution < 1.29 is 19.1 Å². The van der Waals surface area contributed by atoms with E-state index in [1.54, 1.807) is 4.90 Å². The molecule has 0 saturated heterocycles. The number of carbonyl (C=O) groups excluding carboxylic acids is 2. The first-order chi connectivity index (χ1) is 9.70. The third-order valence-corrected chi connectivity index (χ3v) is 2.93. The minimum Gasteiger partial charge on any atom is -0.507 e. The lowest BCUT2D eigenvalue weighted by atomic mass is 10.0. The Hall–Kier alpha value is -1.95. The quantitative estimate of drug-likeness (QED) is 0.750. The van der Waals surface area contributed by atoms with Crippen LogP contribution in [-0.2, 0) is 11.3 Å². The predicted octanol–water partition coefficient (Wildman–Crippen LogP) is 1.68. The predicted molar refractivity (Wildman–Crippen MR) is 77.4 cm³/mol. The number of nitrogens with zero attached hydrogens (tertiary/aromatic N) is 1. The largest absolute Gasteiger partial charge is 0.507 e. The van der Waals surface area contributed by atoms with Crippen LogP contribution in [-0.4, -0.2) is 34.8 Å². The van der Waals surface area contributed by atoms with Gasteiger partial charge in [0.05, 0.1) is 12.1 Å². The lowest BCUT2D eigenvalue weighted by Gasteiger charge is -2.23. The second-order valence-corrected chi connectivity index (χ2v) is 5.55. The zero-order chi connectivity index (χ0) is 16.2. The Morgan fingerprint density at radius 1 is 1.38 bits per heavy atom. The molecule has 0 saturated carbocycles. The molecule has 0 aliphatic carbocycles. The molecule has 0 spiro atoms. The number of amides is 1. The van der Waals surface area contributed by atoms with Gasteiger partial charge in [0.15, 0.2) is 5.78 Å². The molecule has 0 bridgehead atoms. The highest BCUT2D eigenvalue weighted by Crippen LogP contribution is 2.26. The lowest BCUT2D eigenvalue weighted by molar-refractivity contribution is -0.119. The van der Waals surface area contributed by atoms with Gasteiger partial charge in [0.25, 0.3) is 0 Å². The number of Topliss-reactive ketones (excluding diaryl/α,β-unsaturated/α-hetero) is 1. The van der Waals surface area contributed by atoms with E-state index in [1.807, 2.05) is 13.8 Å². The molecule has 0 fully saturated rings. The van der Waals surface area contributed by atoms with Crippen LogP contribution in [0.15, 0.2) is 12.1 Å². The molecule has 5 nitrogen and oxygen atoms in total. The molecule has 1 rings (SSSR count). The summed E-state index contributed by atoms with van der Waals surface area (Å²) in [6.07, 6.45) is 0. The van der Waals surface area contributed by atoms with Gasteiger partial charge < -0.3 is 10.8 Å². The Balaban J connectivity index is 3.07. The molecule has 0 aromatic heterocycles. The van der Waals surface area contributed by atoms with Gasteiger partial charge in [0, 0.05) is 18.7 Å². The Morgan fingerprint density at radius 3 is 2.48 bits per heavy atom. The summed E-state index contributed by atoms with van der Waals surface area (Å²) in [6, 6.07) is 2.16. The highest BCUT2D eigenvalue weighted by atomic mass is 19.1. The minimum absolute atomic E-state index is 0.00351. The zero-order valence-electron chi connectivity index (χ0n) is 12.5. The summed E-state index contributed by atoms with van der Waals surface area (Å²) in [5, 5.41) is 10.1. The average molecular weight is 296 g/mol. The van der Waals surface area contributed by atoms with Crippen LogP contribution in [0, 0.1) is 11.7 Å². The van der Waals surface area contributed by atoms with E-state index in [0.29, 0.717) is 6.54 Å². The first-order valence-electron chi connectivity index (χ1n) is 6.73. The van der Waals surface area contributed by atoms with Crippen molar-refractivity contribution in [2.45, 2.75) is 27.3 Å². The molecule has 1 aromatic rings. The van der Waals surface area contributed by atoms with Crippen molar-refractivity contribution in [2.24, 2.45) is 11.7 Å².